The summed E-state index contributed by atoms with van der Waals surface area (Å²) in [6, 6.07) is 14.8. The average Bonchev–Trinajstić information content (AvgIpc) is 3.02. The fraction of sp³-hybridized carbons (Fsp3) is 0.333. The molecular formula is C24H26ClN3O3. The second kappa shape index (κ2) is 9.64. The van der Waals surface area contributed by atoms with E-state index >= 15 is 0 Å². The second-order valence-corrected chi connectivity index (χ2v) is 8.18. The summed E-state index contributed by atoms with van der Waals surface area (Å²) in [6.45, 7) is 6.36. The Morgan fingerprint density at radius 1 is 1.00 bits per heavy atom. The highest BCUT2D eigenvalue weighted by atomic mass is 35.5. The summed E-state index contributed by atoms with van der Waals surface area (Å²) >= 11 is 6.26. The van der Waals surface area contributed by atoms with Crippen molar-refractivity contribution in [2.45, 2.75) is 13.3 Å². The zero-order valence-corrected chi connectivity index (χ0v) is 18.3. The molecule has 0 unspecified atom stereocenters. The summed E-state index contributed by atoms with van der Waals surface area (Å²) in [5, 5.41) is 3.77. The van der Waals surface area contributed by atoms with Gasteiger partial charge in [-0.05, 0) is 36.6 Å². The normalized spacial score (nSPS) is 17.5. The molecule has 2 aliphatic rings. The third kappa shape index (κ3) is 4.82. The molecule has 0 bridgehead atoms. The maximum Gasteiger partial charge on any atom is 0.278 e. The Morgan fingerprint density at radius 3 is 2.45 bits per heavy atom. The summed E-state index contributed by atoms with van der Waals surface area (Å²) in [5.41, 5.74) is 3.03. The second-order valence-electron chi connectivity index (χ2n) is 7.77. The van der Waals surface area contributed by atoms with Gasteiger partial charge in [-0.15, -0.1) is 0 Å². The number of benzene rings is 2. The topological polar surface area (TPSA) is 61.9 Å². The fourth-order valence-electron chi connectivity index (χ4n) is 3.86. The van der Waals surface area contributed by atoms with Crippen LogP contribution in [0.4, 0.5) is 5.69 Å². The molecule has 7 heteroatoms. The molecule has 0 aromatic heterocycles. The Morgan fingerprint density at radius 2 is 1.74 bits per heavy atom. The van der Waals surface area contributed by atoms with Crippen LogP contribution < -0.4 is 5.32 Å². The van der Waals surface area contributed by atoms with Crippen LogP contribution in [0.25, 0.3) is 5.57 Å². The first-order valence-corrected chi connectivity index (χ1v) is 10.9. The molecule has 6 nitrogen and oxygen atoms in total. The van der Waals surface area contributed by atoms with Crippen LogP contribution in [0, 0.1) is 6.92 Å². The van der Waals surface area contributed by atoms with E-state index in [1.807, 2.05) is 49.4 Å². The van der Waals surface area contributed by atoms with Crippen LogP contribution >= 0.6 is 11.6 Å². The van der Waals surface area contributed by atoms with Gasteiger partial charge in [0.1, 0.15) is 5.70 Å². The number of amides is 2. The lowest BCUT2D eigenvalue weighted by Gasteiger charge is -2.27. The highest BCUT2D eigenvalue weighted by molar-refractivity contribution is 6.36. The molecule has 2 heterocycles. The van der Waals surface area contributed by atoms with Gasteiger partial charge in [0.2, 0.25) is 0 Å². The number of imide groups is 1. The van der Waals surface area contributed by atoms with Gasteiger partial charge in [0.05, 0.1) is 18.8 Å². The predicted molar refractivity (Wildman–Crippen MR) is 122 cm³/mol. The number of carbonyl (C=O) groups excluding carboxylic acids is 2. The molecule has 0 spiro atoms. The highest BCUT2D eigenvalue weighted by Crippen LogP contribution is 2.31. The van der Waals surface area contributed by atoms with Gasteiger partial charge >= 0.3 is 0 Å². The molecule has 0 atom stereocenters. The summed E-state index contributed by atoms with van der Waals surface area (Å²) < 4.78 is 5.38. The van der Waals surface area contributed by atoms with Crippen molar-refractivity contribution in [3.63, 3.8) is 0 Å². The molecule has 0 saturated carbocycles. The number of ether oxygens (including phenoxy) is 1. The van der Waals surface area contributed by atoms with Crippen LogP contribution in [0.5, 0.6) is 0 Å². The summed E-state index contributed by atoms with van der Waals surface area (Å²) in [5.74, 6) is -0.568. The van der Waals surface area contributed by atoms with E-state index in [1.165, 1.54) is 4.90 Å². The van der Waals surface area contributed by atoms with E-state index in [9.17, 15) is 9.59 Å². The molecule has 4 rings (SSSR count). The van der Waals surface area contributed by atoms with Gasteiger partial charge in [-0.2, -0.15) is 0 Å². The van der Waals surface area contributed by atoms with Crippen molar-refractivity contribution >= 4 is 34.7 Å². The predicted octanol–water partition coefficient (Wildman–Crippen LogP) is 3.56. The zero-order valence-electron chi connectivity index (χ0n) is 17.6. The first-order chi connectivity index (χ1) is 15.0. The molecule has 2 aliphatic heterocycles. The van der Waals surface area contributed by atoms with Crippen molar-refractivity contribution in [1.29, 1.82) is 0 Å². The van der Waals surface area contributed by atoms with Crippen LogP contribution in [0.2, 0.25) is 5.02 Å². The van der Waals surface area contributed by atoms with Gasteiger partial charge in [0, 0.05) is 36.9 Å². The van der Waals surface area contributed by atoms with Gasteiger partial charge in [0.25, 0.3) is 11.8 Å². The number of nitrogens with one attached hydrogen (secondary N) is 1. The van der Waals surface area contributed by atoms with E-state index in [0.717, 1.165) is 50.4 Å². The molecule has 2 aromatic carbocycles. The molecule has 1 N–H and O–H groups in total. The molecule has 2 aromatic rings. The SMILES string of the molecule is Cc1ccc(NC2=C(c3ccccc3)C(=O)N(CCCN3CCOCC3)C2=O)cc1Cl. The average molecular weight is 440 g/mol. The number of halogens is 1. The van der Waals surface area contributed by atoms with Crippen LogP contribution in [0.1, 0.15) is 17.5 Å². The van der Waals surface area contributed by atoms with Gasteiger partial charge in [-0.3, -0.25) is 19.4 Å². The maximum absolute atomic E-state index is 13.3. The van der Waals surface area contributed by atoms with Crippen molar-refractivity contribution in [2.75, 3.05) is 44.7 Å². The molecular weight excluding hydrogens is 414 g/mol. The Hall–Kier alpha value is -2.67. The molecule has 0 aliphatic carbocycles. The number of aryl methyl sites for hydroxylation is 1. The van der Waals surface area contributed by atoms with Crippen molar-refractivity contribution in [2.24, 2.45) is 0 Å². The van der Waals surface area contributed by atoms with E-state index in [0.29, 0.717) is 28.5 Å². The van der Waals surface area contributed by atoms with Crippen molar-refractivity contribution in [3.05, 3.63) is 70.4 Å². The quantitative estimate of drug-likeness (QED) is 0.668. The zero-order chi connectivity index (χ0) is 21.8. The Balaban J connectivity index is 1.55. The minimum Gasteiger partial charge on any atom is -0.379 e. The van der Waals surface area contributed by atoms with Crippen LogP contribution in [0.15, 0.2) is 54.2 Å². The molecule has 31 heavy (non-hydrogen) atoms. The van der Waals surface area contributed by atoms with Gasteiger partial charge in [0.15, 0.2) is 0 Å². The largest absolute Gasteiger partial charge is 0.379 e. The number of morpholine rings is 1. The number of nitrogens with zero attached hydrogens (tertiary/aromatic N) is 2. The standard InChI is InChI=1S/C24H26ClN3O3/c1-17-8-9-19(16-20(17)25)26-22-21(18-6-3-2-4-7-18)23(29)28(24(22)30)11-5-10-27-12-14-31-15-13-27/h2-4,6-9,16,26H,5,10-15H2,1H3. The molecule has 0 radical (unpaired) electrons. The Labute approximate surface area is 187 Å². The molecule has 1 saturated heterocycles. The number of anilines is 1. The lowest BCUT2D eigenvalue weighted by atomic mass is 10.0. The summed E-state index contributed by atoms with van der Waals surface area (Å²) in [7, 11) is 0. The van der Waals surface area contributed by atoms with Gasteiger partial charge in [-0.25, -0.2) is 0 Å². The number of carbonyl (C=O) groups is 2. The number of rotatable bonds is 7. The van der Waals surface area contributed by atoms with Crippen molar-refractivity contribution < 1.29 is 14.3 Å². The minimum absolute atomic E-state index is 0.265. The van der Waals surface area contributed by atoms with Gasteiger partial charge in [-0.1, -0.05) is 48.0 Å². The third-order valence-electron chi connectivity index (χ3n) is 5.63. The van der Waals surface area contributed by atoms with E-state index < -0.39 is 0 Å². The molecule has 2 amide bonds. The first kappa shape index (κ1) is 21.6. The van der Waals surface area contributed by atoms with Crippen molar-refractivity contribution in [1.82, 2.24) is 9.80 Å². The van der Waals surface area contributed by atoms with Crippen LogP contribution in [-0.4, -0.2) is 61.0 Å². The lowest BCUT2D eigenvalue weighted by Crippen LogP contribution is -2.39. The van der Waals surface area contributed by atoms with Crippen LogP contribution in [-0.2, 0) is 14.3 Å². The van der Waals surface area contributed by atoms with E-state index in [-0.39, 0.29) is 11.8 Å². The van der Waals surface area contributed by atoms with Crippen LogP contribution in [0.3, 0.4) is 0 Å². The maximum atomic E-state index is 13.3. The highest BCUT2D eigenvalue weighted by Gasteiger charge is 2.38. The summed E-state index contributed by atoms with van der Waals surface area (Å²) in [4.78, 5) is 30.2. The molecule has 162 valence electrons. The number of hydrogen-bond acceptors (Lipinski definition) is 5. The Bertz CT molecular complexity index is 1000. The fourth-order valence-corrected chi connectivity index (χ4v) is 4.04. The molecule has 1 fully saturated rings. The number of hydrogen-bond donors (Lipinski definition) is 1. The van der Waals surface area contributed by atoms with E-state index in [4.69, 9.17) is 16.3 Å². The Kier molecular flexibility index (Phi) is 6.70. The smallest absolute Gasteiger partial charge is 0.278 e. The van der Waals surface area contributed by atoms with E-state index in [1.54, 1.807) is 6.07 Å². The monoisotopic (exact) mass is 439 g/mol. The van der Waals surface area contributed by atoms with E-state index in [2.05, 4.69) is 10.2 Å². The third-order valence-corrected chi connectivity index (χ3v) is 6.04. The lowest BCUT2D eigenvalue weighted by molar-refractivity contribution is -0.136. The summed E-state index contributed by atoms with van der Waals surface area (Å²) in [6.07, 6.45) is 0.725. The van der Waals surface area contributed by atoms with Crippen molar-refractivity contribution in [3.8, 4) is 0 Å². The first-order valence-electron chi connectivity index (χ1n) is 10.5. The minimum atomic E-state index is -0.303. The van der Waals surface area contributed by atoms with Gasteiger partial charge < -0.3 is 10.1 Å².